The average molecular weight is 374 g/mol. The molecule has 26 heavy (non-hydrogen) atoms. The number of carbonyl (C=O) groups is 1. The van der Waals surface area contributed by atoms with E-state index in [1.165, 1.54) is 17.4 Å². The van der Waals surface area contributed by atoms with Gasteiger partial charge >= 0.3 is 0 Å². The van der Waals surface area contributed by atoms with Gasteiger partial charge in [0.2, 0.25) is 0 Å². The van der Waals surface area contributed by atoms with E-state index in [1.807, 2.05) is 31.2 Å². The Morgan fingerprint density at radius 2 is 2.00 bits per heavy atom. The molecule has 3 aromatic rings. The van der Waals surface area contributed by atoms with E-state index in [9.17, 15) is 9.18 Å². The molecule has 0 radical (unpaired) electrons. The minimum Gasteiger partial charge on any atom is -0.484 e. The van der Waals surface area contributed by atoms with Gasteiger partial charge in [0.15, 0.2) is 11.4 Å². The minimum atomic E-state index is -0.425. The first kappa shape index (κ1) is 18.3. The van der Waals surface area contributed by atoms with Crippen molar-refractivity contribution < 1.29 is 18.7 Å². The number of carbonyl (C=O) groups excluding carboxylic acids is 1. The van der Waals surface area contributed by atoms with Crippen LogP contribution < -0.4 is 9.54 Å². The summed E-state index contributed by atoms with van der Waals surface area (Å²) in [5, 5.41) is 0. The fourth-order valence-corrected chi connectivity index (χ4v) is 3.57. The van der Waals surface area contributed by atoms with E-state index in [4.69, 9.17) is 9.47 Å². The smallest absolute Gasteiger partial charge is 0.286 e. The van der Waals surface area contributed by atoms with Crippen LogP contribution in [0.4, 0.5) is 4.39 Å². The van der Waals surface area contributed by atoms with Crippen LogP contribution >= 0.6 is 11.3 Å². The Hall–Kier alpha value is -2.51. The van der Waals surface area contributed by atoms with Gasteiger partial charge < -0.3 is 14.0 Å². The topological polar surface area (TPSA) is 52.8 Å². The highest BCUT2D eigenvalue weighted by Crippen LogP contribution is 2.20. The average Bonchev–Trinajstić information content (AvgIpc) is 3.00. The number of benzene rings is 2. The van der Waals surface area contributed by atoms with Crippen LogP contribution in [-0.2, 0) is 16.1 Å². The van der Waals surface area contributed by atoms with Crippen molar-refractivity contribution in [2.45, 2.75) is 13.5 Å². The molecule has 0 saturated carbocycles. The number of rotatable bonds is 7. The van der Waals surface area contributed by atoms with Crippen LogP contribution in [0.2, 0.25) is 0 Å². The SMILES string of the molecule is CCOCCn1c(=NC(=O)COc2ccccc2)sc2cccc(F)c21. The molecule has 0 aliphatic carbocycles. The third-order valence-corrected chi connectivity index (χ3v) is 4.68. The second kappa shape index (κ2) is 8.73. The quantitative estimate of drug-likeness (QED) is 0.596. The third-order valence-electron chi connectivity index (χ3n) is 3.64. The number of amides is 1. The lowest BCUT2D eigenvalue weighted by atomic mass is 10.3. The molecule has 0 unspecified atom stereocenters. The van der Waals surface area contributed by atoms with Gasteiger partial charge in [-0.05, 0) is 31.2 Å². The first-order chi connectivity index (χ1) is 12.7. The lowest BCUT2D eigenvalue weighted by Crippen LogP contribution is -2.21. The van der Waals surface area contributed by atoms with E-state index in [-0.39, 0.29) is 12.4 Å². The Bertz CT molecular complexity index is 950. The van der Waals surface area contributed by atoms with Crippen molar-refractivity contribution in [3.05, 3.63) is 59.1 Å². The summed E-state index contributed by atoms with van der Waals surface area (Å²) in [7, 11) is 0. The first-order valence-electron chi connectivity index (χ1n) is 8.30. The van der Waals surface area contributed by atoms with E-state index in [1.54, 1.807) is 22.8 Å². The summed E-state index contributed by atoms with van der Waals surface area (Å²) in [6.07, 6.45) is 0. The van der Waals surface area contributed by atoms with Gasteiger partial charge in [-0.15, -0.1) is 0 Å². The van der Waals surface area contributed by atoms with Crippen molar-refractivity contribution in [2.24, 2.45) is 4.99 Å². The monoisotopic (exact) mass is 374 g/mol. The molecule has 0 N–H and O–H groups in total. The molecule has 7 heteroatoms. The molecule has 0 spiro atoms. The summed E-state index contributed by atoms with van der Waals surface area (Å²) in [4.78, 5) is 16.8. The maximum absolute atomic E-state index is 14.3. The van der Waals surface area contributed by atoms with Gasteiger partial charge in [0.05, 0.1) is 16.8 Å². The molecule has 0 aliphatic rings. The van der Waals surface area contributed by atoms with Gasteiger partial charge in [-0.3, -0.25) is 4.79 Å². The molecular weight excluding hydrogens is 355 g/mol. The molecule has 0 atom stereocenters. The van der Waals surface area contributed by atoms with Crippen molar-refractivity contribution in [1.82, 2.24) is 4.57 Å². The highest BCUT2D eigenvalue weighted by molar-refractivity contribution is 7.16. The van der Waals surface area contributed by atoms with E-state index in [2.05, 4.69) is 4.99 Å². The summed E-state index contributed by atoms with van der Waals surface area (Å²) in [6, 6.07) is 13.9. The minimum absolute atomic E-state index is 0.174. The fraction of sp³-hybridized carbons (Fsp3) is 0.263. The molecule has 3 rings (SSSR count). The van der Waals surface area contributed by atoms with Crippen LogP contribution in [0.1, 0.15) is 6.92 Å². The van der Waals surface area contributed by atoms with Gasteiger partial charge in [0, 0.05) is 13.2 Å². The molecule has 1 heterocycles. The zero-order valence-corrected chi connectivity index (χ0v) is 15.2. The number of nitrogens with zero attached hydrogens (tertiary/aromatic N) is 2. The molecule has 1 aromatic heterocycles. The standard InChI is InChI=1S/C19H19FN2O3S/c1-2-24-12-11-22-18-15(20)9-6-10-16(18)26-19(22)21-17(23)13-25-14-7-4-3-5-8-14/h3-10H,2,11-13H2,1H3. The highest BCUT2D eigenvalue weighted by atomic mass is 32.1. The largest absolute Gasteiger partial charge is 0.484 e. The molecule has 2 aromatic carbocycles. The second-order valence-corrected chi connectivity index (χ2v) is 6.44. The van der Waals surface area contributed by atoms with Crippen LogP contribution in [0.5, 0.6) is 5.75 Å². The van der Waals surface area contributed by atoms with Crippen LogP contribution in [0.3, 0.4) is 0 Å². The van der Waals surface area contributed by atoms with E-state index >= 15 is 0 Å². The van der Waals surface area contributed by atoms with Gasteiger partial charge in [-0.1, -0.05) is 35.6 Å². The summed E-state index contributed by atoms with van der Waals surface area (Å²) >= 11 is 1.27. The lowest BCUT2D eigenvalue weighted by molar-refractivity contribution is -0.120. The Balaban J connectivity index is 1.87. The molecule has 1 amide bonds. The summed E-state index contributed by atoms with van der Waals surface area (Å²) in [5.41, 5.74) is 0.438. The number of aromatic nitrogens is 1. The molecule has 0 aliphatic heterocycles. The highest BCUT2D eigenvalue weighted by Gasteiger charge is 2.12. The maximum atomic E-state index is 14.3. The number of ether oxygens (including phenoxy) is 2. The van der Waals surface area contributed by atoms with Gasteiger partial charge in [0.1, 0.15) is 11.6 Å². The zero-order chi connectivity index (χ0) is 18.4. The number of thiazole rings is 1. The lowest BCUT2D eigenvalue weighted by Gasteiger charge is -2.06. The van der Waals surface area contributed by atoms with Gasteiger partial charge in [-0.2, -0.15) is 4.99 Å². The number of hydrogen-bond donors (Lipinski definition) is 0. The second-order valence-electron chi connectivity index (χ2n) is 5.43. The Morgan fingerprint density at radius 3 is 2.77 bits per heavy atom. The summed E-state index contributed by atoms with van der Waals surface area (Å²) in [5.74, 6) is -0.168. The van der Waals surface area contributed by atoms with Crippen LogP contribution in [0.15, 0.2) is 53.5 Å². The van der Waals surface area contributed by atoms with E-state index in [0.717, 1.165) is 4.70 Å². The van der Waals surface area contributed by atoms with Crippen molar-refractivity contribution in [1.29, 1.82) is 0 Å². The molecule has 0 bridgehead atoms. The molecule has 136 valence electrons. The van der Waals surface area contributed by atoms with E-state index < -0.39 is 5.91 Å². The first-order valence-corrected chi connectivity index (χ1v) is 9.11. The van der Waals surface area contributed by atoms with Gasteiger partial charge in [0.25, 0.3) is 5.91 Å². The number of fused-ring (bicyclic) bond motifs is 1. The van der Waals surface area contributed by atoms with Crippen molar-refractivity contribution in [3.63, 3.8) is 0 Å². The van der Waals surface area contributed by atoms with Crippen molar-refractivity contribution >= 4 is 27.5 Å². The maximum Gasteiger partial charge on any atom is 0.286 e. The van der Waals surface area contributed by atoms with Crippen LogP contribution in [0.25, 0.3) is 10.2 Å². The number of hydrogen-bond acceptors (Lipinski definition) is 4. The predicted molar refractivity (Wildman–Crippen MR) is 98.8 cm³/mol. The van der Waals surface area contributed by atoms with E-state index in [0.29, 0.717) is 35.8 Å². The van der Waals surface area contributed by atoms with Crippen molar-refractivity contribution in [2.75, 3.05) is 19.8 Å². The zero-order valence-electron chi connectivity index (χ0n) is 14.4. The Kier molecular flexibility index (Phi) is 6.14. The molecule has 0 saturated heterocycles. The van der Waals surface area contributed by atoms with Crippen LogP contribution in [0, 0.1) is 5.82 Å². The molecular formula is C19H19FN2O3S. The summed E-state index contributed by atoms with van der Waals surface area (Å²) in [6.45, 7) is 3.12. The Labute approximate surface area is 154 Å². The van der Waals surface area contributed by atoms with Gasteiger partial charge in [-0.25, -0.2) is 4.39 Å². The van der Waals surface area contributed by atoms with Crippen LogP contribution in [-0.4, -0.2) is 30.3 Å². The molecule has 0 fully saturated rings. The number of para-hydroxylation sites is 2. The molecule has 5 nitrogen and oxygen atoms in total. The normalized spacial score (nSPS) is 11.8. The number of halogens is 1. The predicted octanol–water partition coefficient (Wildman–Crippen LogP) is 3.38. The Morgan fingerprint density at radius 1 is 1.19 bits per heavy atom. The summed E-state index contributed by atoms with van der Waals surface area (Å²) < 4.78 is 27.5. The third kappa shape index (κ3) is 4.36. The van der Waals surface area contributed by atoms with Crippen molar-refractivity contribution in [3.8, 4) is 5.75 Å². The fourth-order valence-electron chi connectivity index (χ4n) is 2.48.